The normalized spacial score (nSPS) is 16.1. The minimum absolute atomic E-state index is 0.218. The van der Waals surface area contributed by atoms with Crippen LogP contribution in [0.2, 0.25) is 0 Å². The van der Waals surface area contributed by atoms with Gasteiger partial charge in [0.1, 0.15) is 0 Å². The summed E-state index contributed by atoms with van der Waals surface area (Å²) in [5, 5.41) is 5.64. The third kappa shape index (κ3) is 3.40. The number of Topliss-reactive ketones (excluding diaryl/α,β-unsaturated/α-hetero) is 1. The third-order valence-corrected chi connectivity index (χ3v) is 3.08. The van der Waals surface area contributed by atoms with E-state index in [0.29, 0.717) is 6.42 Å². The van der Waals surface area contributed by atoms with Crippen LogP contribution in [-0.4, -0.2) is 30.8 Å². The van der Waals surface area contributed by atoms with Crippen molar-refractivity contribution in [1.29, 1.82) is 0 Å². The van der Waals surface area contributed by atoms with E-state index in [1.165, 1.54) is 0 Å². The number of hydrogen-bond donors (Lipinski definition) is 2. The molecule has 1 aliphatic carbocycles. The highest BCUT2D eigenvalue weighted by Crippen LogP contribution is 2.18. The van der Waals surface area contributed by atoms with Crippen LogP contribution in [0.1, 0.15) is 18.4 Å². The van der Waals surface area contributed by atoms with Gasteiger partial charge in [-0.05, 0) is 31.9 Å². The van der Waals surface area contributed by atoms with E-state index in [1.54, 1.807) is 7.05 Å². The van der Waals surface area contributed by atoms with Gasteiger partial charge in [0.05, 0.1) is 6.04 Å². The van der Waals surface area contributed by atoms with Gasteiger partial charge in [-0.3, -0.25) is 9.59 Å². The molecule has 1 aromatic carbocycles. The molecular weight excluding hydrogens is 228 g/mol. The maximum absolute atomic E-state index is 12.0. The smallest absolute Gasteiger partial charge is 0.289 e. The molecule has 0 aliphatic heterocycles. The SMILES string of the molecule is CNC(Cc1ccccc1)C(=O)C(=O)NC1CC1. The molecule has 2 N–H and O–H groups in total. The van der Waals surface area contributed by atoms with Crippen molar-refractivity contribution in [1.82, 2.24) is 10.6 Å². The van der Waals surface area contributed by atoms with Crippen LogP contribution in [0.5, 0.6) is 0 Å². The molecule has 1 saturated carbocycles. The van der Waals surface area contributed by atoms with E-state index in [1.807, 2.05) is 30.3 Å². The van der Waals surface area contributed by atoms with Crippen LogP contribution in [0, 0.1) is 0 Å². The van der Waals surface area contributed by atoms with Crippen LogP contribution in [0.25, 0.3) is 0 Å². The molecule has 96 valence electrons. The Bertz CT molecular complexity index is 427. The highest BCUT2D eigenvalue weighted by Gasteiger charge is 2.29. The first-order chi connectivity index (χ1) is 8.70. The first-order valence-corrected chi connectivity index (χ1v) is 6.26. The van der Waals surface area contributed by atoms with Gasteiger partial charge < -0.3 is 10.6 Å². The molecule has 1 unspecified atom stereocenters. The quantitative estimate of drug-likeness (QED) is 0.725. The Morgan fingerprint density at radius 3 is 2.50 bits per heavy atom. The zero-order valence-electron chi connectivity index (χ0n) is 10.5. The topological polar surface area (TPSA) is 58.2 Å². The van der Waals surface area contributed by atoms with Crippen LogP contribution in [0.15, 0.2) is 30.3 Å². The van der Waals surface area contributed by atoms with Crippen molar-refractivity contribution in [3.05, 3.63) is 35.9 Å². The standard InChI is InChI=1S/C14H18N2O2/c1-15-12(9-10-5-3-2-4-6-10)13(17)14(18)16-11-7-8-11/h2-6,11-12,15H,7-9H2,1H3,(H,16,18). The van der Waals surface area contributed by atoms with Gasteiger partial charge in [-0.25, -0.2) is 0 Å². The summed E-state index contributed by atoms with van der Waals surface area (Å²) in [5.41, 5.74) is 1.05. The monoisotopic (exact) mass is 246 g/mol. The molecule has 1 aromatic rings. The summed E-state index contributed by atoms with van der Waals surface area (Å²) >= 11 is 0. The number of likely N-dealkylation sites (N-methyl/N-ethyl adjacent to an activating group) is 1. The Hall–Kier alpha value is -1.68. The van der Waals surface area contributed by atoms with Gasteiger partial charge in [0.25, 0.3) is 5.91 Å². The van der Waals surface area contributed by atoms with Crippen LogP contribution in [0.3, 0.4) is 0 Å². The summed E-state index contributed by atoms with van der Waals surface area (Å²) in [6.45, 7) is 0. The Balaban J connectivity index is 1.94. The van der Waals surface area contributed by atoms with Crippen molar-refractivity contribution in [2.75, 3.05) is 7.05 Å². The number of benzene rings is 1. The number of carbonyl (C=O) groups excluding carboxylic acids is 2. The number of nitrogens with one attached hydrogen (secondary N) is 2. The molecule has 0 heterocycles. The highest BCUT2D eigenvalue weighted by molar-refractivity contribution is 6.38. The maximum atomic E-state index is 12.0. The van der Waals surface area contributed by atoms with Crippen molar-refractivity contribution in [3.8, 4) is 0 Å². The van der Waals surface area contributed by atoms with Gasteiger partial charge >= 0.3 is 0 Å². The molecule has 0 aromatic heterocycles. The molecule has 0 spiro atoms. The van der Waals surface area contributed by atoms with E-state index < -0.39 is 11.9 Å². The molecule has 0 saturated heterocycles. The predicted molar refractivity (Wildman–Crippen MR) is 69.2 cm³/mol. The van der Waals surface area contributed by atoms with E-state index in [2.05, 4.69) is 10.6 Å². The molecule has 0 radical (unpaired) electrons. The summed E-state index contributed by atoms with van der Waals surface area (Å²) in [4.78, 5) is 23.7. The lowest BCUT2D eigenvalue weighted by atomic mass is 10.0. The van der Waals surface area contributed by atoms with E-state index in [9.17, 15) is 9.59 Å². The lowest BCUT2D eigenvalue weighted by Gasteiger charge is -2.14. The molecule has 4 nitrogen and oxygen atoms in total. The zero-order chi connectivity index (χ0) is 13.0. The fraction of sp³-hybridized carbons (Fsp3) is 0.429. The van der Waals surface area contributed by atoms with Crippen molar-refractivity contribution >= 4 is 11.7 Å². The van der Waals surface area contributed by atoms with E-state index in [0.717, 1.165) is 18.4 Å². The minimum atomic E-state index is -0.465. The summed E-state index contributed by atoms with van der Waals surface area (Å²) in [6.07, 6.45) is 2.51. The molecular formula is C14H18N2O2. The largest absolute Gasteiger partial charge is 0.347 e. The van der Waals surface area contributed by atoms with Gasteiger partial charge in [0, 0.05) is 6.04 Å². The Morgan fingerprint density at radius 1 is 1.28 bits per heavy atom. The molecule has 2 rings (SSSR count). The first kappa shape index (κ1) is 12.8. The second-order valence-corrected chi connectivity index (χ2v) is 4.64. The molecule has 4 heteroatoms. The lowest BCUT2D eigenvalue weighted by Crippen LogP contribution is -2.45. The van der Waals surface area contributed by atoms with E-state index in [-0.39, 0.29) is 11.8 Å². The van der Waals surface area contributed by atoms with Gasteiger partial charge in [0.15, 0.2) is 0 Å². The number of amides is 1. The fourth-order valence-electron chi connectivity index (χ4n) is 1.82. The van der Waals surface area contributed by atoms with Crippen LogP contribution in [-0.2, 0) is 16.0 Å². The minimum Gasteiger partial charge on any atom is -0.347 e. The summed E-state index contributed by atoms with van der Waals surface area (Å²) in [7, 11) is 1.70. The van der Waals surface area contributed by atoms with Crippen LogP contribution >= 0.6 is 0 Å². The third-order valence-electron chi connectivity index (χ3n) is 3.08. The van der Waals surface area contributed by atoms with Crippen molar-refractivity contribution < 1.29 is 9.59 Å². The first-order valence-electron chi connectivity index (χ1n) is 6.26. The maximum Gasteiger partial charge on any atom is 0.289 e. The van der Waals surface area contributed by atoms with Crippen LogP contribution in [0.4, 0.5) is 0 Å². The van der Waals surface area contributed by atoms with Crippen molar-refractivity contribution in [3.63, 3.8) is 0 Å². The number of carbonyl (C=O) groups is 2. The fourth-order valence-corrected chi connectivity index (χ4v) is 1.82. The van der Waals surface area contributed by atoms with E-state index >= 15 is 0 Å². The van der Waals surface area contributed by atoms with Crippen molar-refractivity contribution in [2.24, 2.45) is 0 Å². The summed E-state index contributed by atoms with van der Waals surface area (Å²) in [6, 6.07) is 9.46. The molecule has 1 amide bonds. The Morgan fingerprint density at radius 2 is 1.94 bits per heavy atom. The van der Waals surface area contributed by atoms with Gasteiger partial charge in [-0.2, -0.15) is 0 Å². The molecule has 1 fully saturated rings. The number of ketones is 1. The molecule has 1 atom stereocenters. The lowest BCUT2D eigenvalue weighted by molar-refractivity contribution is -0.139. The predicted octanol–water partition coefficient (Wildman–Crippen LogP) is 0.665. The Kier molecular flexibility index (Phi) is 4.10. The van der Waals surface area contributed by atoms with Crippen LogP contribution < -0.4 is 10.6 Å². The highest BCUT2D eigenvalue weighted by atomic mass is 16.2. The average Bonchev–Trinajstić information content (AvgIpc) is 3.20. The number of hydrogen-bond acceptors (Lipinski definition) is 3. The molecule has 18 heavy (non-hydrogen) atoms. The molecule has 0 bridgehead atoms. The Labute approximate surface area is 107 Å². The average molecular weight is 246 g/mol. The second kappa shape index (κ2) is 5.78. The molecule has 1 aliphatic rings. The summed E-state index contributed by atoms with van der Waals surface area (Å²) < 4.78 is 0. The van der Waals surface area contributed by atoms with Gasteiger partial charge in [-0.1, -0.05) is 30.3 Å². The van der Waals surface area contributed by atoms with Gasteiger partial charge in [0.2, 0.25) is 5.78 Å². The number of rotatable bonds is 6. The van der Waals surface area contributed by atoms with Crippen molar-refractivity contribution in [2.45, 2.75) is 31.3 Å². The van der Waals surface area contributed by atoms with Gasteiger partial charge in [-0.15, -0.1) is 0 Å². The second-order valence-electron chi connectivity index (χ2n) is 4.64. The summed E-state index contributed by atoms with van der Waals surface area (Å²) in [5.74, 6) is -0.846. The van der Waals surface area contributed by atoms with E-state index in [4.69, 9.17) is 0 Å². The zero-order valence-corrected chi connectivity index (χ0v) is 10.5.